The molecule has 0 aliphatic carbocycles. The van der Waals surface area contributed by atoms with Crippen LogP contribution in [0.25, 0.3) is 0 Å². The van der Waals surface area contributed by atoms with Crippen molar-refractivity contribution in [1.29, 1.82) is 0 Å². The van der Waals surface area contributed by atoms with E-state index in [-0.39, 0.29) is 54.1 Å². The molecule has 0 radical (unpaired) electrons. The van der Waals surface area contributed by atoms with Gasteiger partial charge in [0.2, 0.25) is 5.95 Å². The number of anilines is 4. The van der Waals surface area contributed by atoms with E-state index in [0.717, 1.165) is 12.1 Å². The molecule has 2 heterocycles. The van der Waals surface area contributed by atoms with Gasteiger partial charge in [0, 0.05) is 12.3 Å². The lowest BCUT2D eigenvalue weighted by molar-refractivity contribution is -0.137. The fraction of sp³-hybridized carbons (Fsp3) is 0.320. The van der Waals surface area contributed by atoms with E-state index in [1.54, 1.807) is 0 Å². The Balaban J connectivity index is 1.65. The van der Waals surface area contributed by atoms with Crippen molar-refractivity contribution in [3.05, 3.63) is 59.5 Å². The van der Waals surface area contributed by atoms with Crippen molar-refractivity contribution in [2.24, 2.45) is 5.92 Å². The van der Waals surface area contributed by atoms with E-state index < -0.39 is 42.4 Å². The highest BCUT2D eigenvalue weighted by Gasteiger charge is 2.38. The van der Waals surface area contributed by atoms with Crippen molar-refractivity contribution >= 4 is 41.9 Å². The molecule has 4 rings (SSSR count). The second kappa shape index (κ2) is 12.4. The number of rotatable bonds is 10. The number of ether oxygens (including phenoxy) is 1. The number of nitrogens with zero attached hydrogens (tertiary/aromatic N) is 2. The molecule has 0 saturated carbocycles. The number of amides is 1. The van der Waals surface area contributed by atoms with E-state index >= 15 is 0 Å². The zero-order valence-electron chi connectivity index (χ0n) is 22.0. The summed E-state index contributed by atoms with van der Waals surface area (Å²) in [7, 11) is -2.51. The number of carbonyl (C=O) groups excluding carboxylic acids is 1. The topological polar surface area (TPSA) is 133 Å². The number of hydrogen-bond acceptors (Lipinski definition) is 10. The minimum absolute atomic E-state index is 0.00607. The minimum atomic E-state index is -4.86. The Morgan fingerprint density at radius 2 is 1.83 bits per heavy atom. The highest BCUT2D eigenvalue weighted by Crippen LogP contribution is 2.52. The monoisotopic (exact) mass is 599 g/mol. The number of benzene rings is 2. The first-order valence-corrected chi connectivity index (χ1v) is 13.7. The van der Waals surface area contributed by atoms with Crippen LogP contribution in [0.2, 0.25) is 0 Å². The molecule has 1 fully saturated rings. The van der Waals surface area contributed by atoms with E-state index in [0.29, 0.717) is 6.20 Å². The Hall–Kier alpha value is -3.78. The second-order valence-electron chi connectivity index (χ2n) is 9.05. The number of aromatic nitrogens is 2. The van der Waals surface area contributed by atoms with Crippen molar-refractivity contribution in [1.82, 2.24) is 15.4 Å². The van der Waals surface area contributed by atoms with Gasteiger partial charge in [-0.1, -0.05) is 26.0 Å². The van der Waals surface area contributed by atoms with Gasteiger partial charge in [0.25, 0.3) is 5.91 Å². The molecule has 2 aromatic carbocycles. The third kappa shape index (κ3) is 7.11. The number of methoxy groups -OCH3 is 1. The summed E-state index contributed by atoms with van der Waals surface area (Å²) in [6.07, 6.45) is -4.33. The maximum atomic E-state index is 14.9. The smallest absolute Gasteiger partial charge is 0.421 e. The van der Waals surface area contributed by atoms with Gasteiger partial charge in [0.05, 0.1) is 49.2 Å². The van der Waals surface area contributed by atoms with Crippen LogP contribution in [0.15, 0.2) is 42.6 Å². The summed E-state index contributed by atoms with van der Waals surface area (Å²) >= 11 is 0. The molecule has 1 amide bonds. The molecule has 1 aromatic heterocycles. The number of alkyl halides is 3. The van der Waals surface area contributed by atoms with Crippen LogP contribution in [-0.2, 0) is 24.6 Å². The molecule has 0 atom stereocenters. The molecule has 3 N–H and O–H groups in total. The Labute approximate surface area is 232 Å². The molecule has 41 heavy (non-hydrogen) atoms. The van der Waals surface area contributed by atoms with Gasteiger partial charge in [-0.25, -0.2) is 14.9 Å². The second-order valence-corrected chi connectivity index (χ2v) is 11.0. The average Bonchev–Trinajstić information content (AvgIpc) is 3.35. The molecule has 0 bridgehead atoms. The van der Waals surface area contributed by atoms with Gasteiger partial charge in [0.1, 0.15) is 22.9 Å². The number of hydroxylamine groups is 1. The molecule has 3 aromatic rings. The molecule has 16 heteroatoms. The van der Waals surface area contributed by atoms with Crippen molar-refractivity contribution in [3.63, 3.8) is 0 Å². The van der Waals surface area contributed by atoms with Gasteiger partial charge >= 0.3 is 13.8 Å². The first-order chi connectivity index (χ1) is 19.4. The Morgan fingerprint density at radius 3 is 2.49 bits per heavy atom. The van der Waals surface area contributed by atoms with Gasteiger partial charge in [-0.2, -0.15) is 18.2 Å². The highest BCUT2D eigenvalue weighted by atomic mass is 31.2. The minimum Gasteiger partial charge on any atom is -0.495 e. The van der Waals surface area contributed by atoms with Crippen LogP contribution in [-0.4, -0.2) is 42.8 Å². The molecule has 220 valence electrons. The van der Waals surface area contributed by atoms with Crippen molar-refractivity contribution < 1.29 is 45.5 Å². The fourth-order valence-corrected chi connectivity index (χ4v) is 5.30. The first kappa shape index (κ1) is 30.2. The van der Waals surface area contributed by atoms with Crippen molar-refractivity contribution in [2.45, 2.75) is 20.0 Å². The highest BCUT2D eigenvalue weighted by molar-refractivity contribution is 7.62. The van der Waals surface area contributed by atoms with Crippen LogP contribution >= 0.6 is 7.60 Å². The summed E-state index contributed by atoms with van der Waals surface area (Å²) in [6.45, 7) is 4.04. The number of nitrogens with one attached hydrogen (secondary N) is 3. The van der Waals surface area contributed by atoms with Crippen molar-refractivity contribution in [3.8, 4) is 5.75 Å². The normalized spacial score (nSPS) is 14.6. The summed E-state index contributed by atoms with van der Waals surface area (Å²) in [5, 5.41) is 5.18. The first-order valence-electron chi connectivity index (χ1n) is 12.2. The van der Waals surface area contributed by atoms with Crippen LogP contribution in [0, 0.1) is 11.7 Å². The summed E-state index contributed by atoms with van der Waals surface area (Å²) in [6, 6.07) is 7.83. The predicted octanol–water partition coefficient (Wildman–Crippen LogP) is 5.31. The van der Waals surface area contributed by atoms with E-state index in [9.17, 15) is 26.9 Å². The summed E-state index contributed by atoms with van der Waals surface area (Å²) in [5.41, 5.74) is 0.448. The zero-order valence-corrected chi connectivity index (χ0v) is 22.9. The summed E-state index contributed by atoms with van der Waals surface area (Å²) < 4.78 is 85.2. The van der Waals surface area contributed by atoms with E-state index in [1.807, 2.05) is 13.8 Å². The molecule has 0 unspecified atom stereocenters. The van der Waals surface area contributed by atoms with E-state index in [2.05, 4.69) is 26.1 Å². The van der Waals surface area contributed by atoms with E-state index in [4.69, 9.17) is 18.6 Å². The maximum Gasteiger partial charge on any atom is 0.421 e. The quantitative estimate of drug-likeness (QED) is 0.160. The van der Waals surface area contributed by atoms with Crippen LogP contribution in [0.1, 0.15) is 29.8 Å². The number of halogens is 4. The van der Waals surface area contributed by atoms with Gasteiger partial charge < -0.3 is 24.4 Å². The SMILES string of the molecule is COc1cc(C(=O)NOCC(C)C)c(F)cc1Nc1ncc(C(F)(F)F)c(Nc2ccccc2P2(=O)OCCO2)n1. The van der Waals surface area contributed by atoms with E-state index in [1.165, 1.54) is 31.4 Å². The standard InChI is InChI=1S/C25H26F4N5O6P/c1-14(2)13-38-34-23(35)15-10-20(37-3)19(11-17(15)26)32-24-30-12-16(25(27,28)29)22(33-24)31-18-6-4-5-7-21(18)41(36)39-8-9-40-41/h4-7,10-12,14H,8-9,13H2,1-3H3,(H,34,35)(H2,30,31,32,33). The maximum absolute atomic E-state index is 14.9. The molecule has 11 nitrogen and oxygen atoms in total. The van der Waals surface area contributed by atoms with Gasteiger partial charge in [-0.3, -0.25) is 14.2 Å². The Kier molecular flexibility index (Phi) is 9.12. The molecule has 1 aliphatic heterocycles. The van der Waals surface area contributed by atoms with Crippen LogP contribution in [0.5, 0.6) is 5.75 Å². The van der Waals surface area contributed by atoms with Gasteiger partial charge in [0.15, 0.2) is 0 Å². The number of hydrogen-bond donors (Lipinski definition) is 3. The van der Waals surface area contributed by atoms with Gasteiger partial charge in [-0.15, -0.1) is 0 Å². The summed E-state index contributed by atoms with van der Waals surface area (Å²) in [5.74, 6) is -2.81. The molecular weight excluding hydrogens is 573 g/mol. The third-order valence-corrected chi connectivity index (χ3v) is 7.54. The lowest BCUT2D eigenvalue weighted by Gasteiger charge is -2.19. The number of carbonyl (C=O) groups is 1. The Bertz CT molecular complexity index is 1460. The zero-order chi connectivity index (χ0) is 29.8. The molecule has 1 saturated heterocycles. The Morgan fingerprint density at radius 1 is 1.12 bits per heavy atom. The third-order valence-electron chi connectivity index (χ3n) is 5.51. The summed E-state index contributed by atoms with van der Waals surface area (Å²) in [4.78, 5) is 25.0. The largest absolute Gasteiger partial charge is 0.495 e. The number of para-hydroxylation sites is 1. The van der Waals surface area contributed by atoms with Gasteiger partial charge in [-0.05, 0) is 24.1 Å². The van der Waals surface area contributed by atoms with Crippen LogP contribution in [0.3, 0.4) is 0 Å². The van der Waals surface area contributed by atoms with Crippen LogP contribution in [0.4, 0.5) is 40.7 Å². The molecule has 1 aliphatic rings. The molecule has 0 spiro atoms. The van der Waals surface area contributed by atoms with Crippen LogP contribution < -0.4 is 26.2 Å². The predicted molar refractivity (Wildman–Crippen MR) is 140 cm³/mol. The molecular formula is C25H26F4N5O6P. The average molecular weight is 599 g/mol. The fourth-order valence-electron chi connectivity index (χ4n) is 3.63. The van der Waals surface area contributed by atoms with Crippen molar-refractivity contribution in [2.75, 3.05) is 37.6 Å². The lowest BCUT2D eigenvalue weighted by Crippen LogP contribution is -2.26. The lowest BCUT2D eigenvalue weighted by atomic mass is 10.1.